The summed E-state index contributed by atoms with van der Waals surface area (Å²) in [5.74, 6) is -0.443. The first kappa shape index (κ1) is 17.4. The Kier molecular flexibility index (Phi) is 5.72. The highest BCUT2D eigenvalue weighted by Gasteiger charge is 2.32. The normalized spacial score (nSPS) is 13.5. The zero-order valence-electron chi connectivity index (χ0n) is 13.4. The van der Waals surface area contributed by atoms with Crippen LogP contribution >= 0.6 is 11.6 Å². The summed E-state index contributed by atoms with van der Waals surface area (Å²) >= 11 is 6.05. The maximum atomic E-state index is 11.2. The number of alkyl halides is 1. The smallest absolute Gasteiger partial charge is 0.329 e. The van der Waals surface area contributed by atoms with E-state index in [9.17, 15) is 4.79 Å². The van der Waals surface area contributed by atoms with E-state index in [1.807, 2.05) is 12.4 Å². The van der Waals surface area contributed by atoms with Gasteiger partial charge in [0, 0.05) is 18.0 Å². The molecule has 0 amide bonds. The zero-order valence-corrected chi connectivity index (χ0v) is 14.2. The molecule has 0 saturated carbocycles. The summed E-state index contributed by atoms with van der Waals surface area (Å²) in [7, 11) is 0. The Labute approximate surface area is 141 Å². The van der Waals surface area contributed by atoms with Gasteiger partial charge >= 0.3 is 5.97 Å². The molecule has 1 N–H and O–H groups in total. The molecule has 1 aromatic carbocycles. The van der Waals surface area contributed by atoms with Crippen molar-refractivity contribution in [2.24, 2.45) is 0 Å². The van der Waals surface area contributed by atoms with Gasteiger partial charge in [0.15, 0.2) is 10.7 Å². The number of carbonyl (C=O) groups is 1. The topological polar surface area (TPSA) is 63.1 Å². The van der Waals surface area contributed by atoms with E-state index >= 15 is 0 Å². The number of rotatable bonds is 7. The second kappa shape index (κ2) is 7.55. The van der Waals surface area contributed by atoms with Crippen LogP contribution in [0.2, 0.25) is 0 Å². The van der Waals surface area contributed by atoms with E-state index in [4.69, 9.17) is 16.7 Å². The fraction of sp³-hybridized carbons (Fsp3) is 0.389. The van der Waals surface area contributed by atoms with E-state index in [-0.39, 0.29) is 0 Å². The number of aromatic nitrogens is 2. The lowest BCUT2D eigenvalue weighted by molar-refractivity contribution is -0.139. The Morgan fingerprint density at radius 2 is 1.78 bits per heavy atom. The monoisotopic (exact) mass is 332 g/mol. The molecule has 0 spiro atoms. The van der Waals surface area contributed by atoms with Crippen LogP contribution in [0.15, 0.2) is 36.7 Å². The van der Waals surface area contributed by atoms with Gasteiger partial charge in [-0.1, -0.05) is 44.0 Å². The molecule has 122 valence electrons. The molecule has 4 nitrogen and oxygen atoms in total. The van der Waals surface area contributed by atoms with Gasteiger partial charge in [-0.2, -0.15) is 0 Å². The molecule has 2 rings (SSSR count). The Morgan fingerprint density at radius 1 is 1.17 bits per heavy atom. The molecular formula is C18H21ClN2O2. The molecule has 0 radical (unpaired) electrons. The molecule has 0 unspecified atom stereocenters. The average molecular weight is 333 g/mol. The fourth-order valence-electron chi connectivity index (χ4n) is 2.27. The summed E-state index contributed by atoms with van der Waals surface area (Å²) in [4.78, 5) is 18.5. The second-order valence-electron chi connectivity index (χ2n) is 5.76. The van der Waals surface area contributed by atoms with Crippen molar-refractivity contribution < 1.29 is 9.90 Å². The van der Waals surface area contributed by atoms with Gasteiger partial charge < -0.3 is 5.11 Å². The number of hydrogen-bond acceptors (Lipinski definition) is 3. The lowest BCUT2D eigenvalue weighted by atomic mass is 9.99. The first-order chi connectivity index (χ1) is 10.9. The highest BCUT2D eigenvalue weighted by atomic mass is 35.5. The van der Waals surface area contributed by atoms with Crippen molar-refractivity contribution in [1.82, 2.24) is 9.97 Å². The molecule has 1 atom stereocenters. The lowest BCUT2D eigenvalue weighted by Gasteiger charge is -2.17. The van der Waals surface area contributed by atoms with Crippen LogP contribution in [0.1, 0.15) is 44.2 Å². The van der Waals surface area contributed by atoms with Crippen LogP contribution in [0, 0.1) is 0 Å². The summed E-state index contributed by atoms with van der Waals surface area (Å²) in [5, 5.41) is 9.14. The van der Waals surface area contributed by atoms with Gasteiger partial charge in [0.05, 0.1) is 0 Å². The highest BCUT2D eigenvalue weighted by Crippen LogP contribution is 2.30. The number of carboxylic acid groups (broad SMARTS) is 1. The Morgan fingerprint density at radius 3 is 2.30 bits per heavy atom. The largest absolute Gasteiger partial charge is 0.480 e. The van der Waals surface area contributed by atoms with Crippen molar-refractivity contribution in [3.05, 3.63) is 47.8 Å². The maximum absolute atomic E-state index is 11.2. The molecule has 0 aliphatic rings. The van der Waals surface area contributed by atoms with Crippen LogP contribution in [0.25, 0.3) is 11.4 Å². The lowest BCUT2D eigenvalue weighted by Crippen LogP contribution is -2.25. The van der Waals surface area contributed by atoms with Crippen molar-refractivity contribution >= 4 is 17.6 Å². The molecule has 0 saturated heterocycles. The molecule has 2 aromatic rings. The Hall–Kier alpha value is -1.94. The van der Waals surface area contributed by atoms with Crippen molar-refractivity contribution in [3.63, 3.8) is 0 Å². The predicted molar refractivity (Wildman–Crippen MR) is 91.5 cm³/mol. The minimum atomic E-state index is -1.43. The third-order valence-electron chi connectivity index (χ3n) is 3.86. The summed E-state index contributed by atoms with van der Waals surface area (Å²) in [6.45, 7) is 3.65. The fourth-order valence-corrected chi connectivity index (χ4v) is 2.39. The van der Waals surface area contributed by atoms with Gasteiger partial charge in [-0.3, -0.25) is 0 Å². The molecule has 0 fully saturated rings. The number of benzene rings is 1. The van der Waals surface area contributed by atoms with E-state index in [2.05, 4.69) is 16.9 Å². The Balaban J connectivity index is 2.12. The van der Waals surface area contributed by atoms with Gasteiger partial charge in [0.25, 0.3) is 0 Å². The van der Waals surface area contributed by atoms with Crippen molar-refractivity contribution in [2.45, 2.75) is 44.4 Å². The summed E-state index contributed by atoms with van der Waals surface area (Å²) < 4.78 is 0. The van der Waals surface area contributed by atoms with Gasteiger partial charge in [0.2, 0.25) is 0 Å². The van der Waals surface area contributed by atoms with E-state index in [0.29, 0.717) is 11.4 Å². The van der Waals surface area contributed by atoms with E-state index in [1.54, 1.807) is 24.3 Å². The molecule has 0 aliphatic carbocycles. The number of nitrogens with zero attached hydrogens (tertiary/aromatic N) is 2. The molecular weight excluding hydrogens is 312 g/mol. The SMILES string of the molecule is CCCCCc1cnc(-c2ccc([C@@](C)(Cl)C(=O)O)cc2)nc1. The third-order valence-corrected chi connectivity index (χ3v) is 4.24. The van der Waals surface area contributed by atoms with E-state index < -0.39 is 10.8 Å². The average Bonchev–Trinajstić information content (AvgIpc) is 2.56. The molecule has 5 heteroatoms. The minimum Gasteiger partial charge on any atom is -0.480 e. The first-order valence-corrected chi connectivity index (χ1v) is 8.17. The standard InChI is InChI=1S/C18H21ClN2O2/c1-3-4-5-6-13-11-20-16(21-12-13)14-7-9-15(10-8-14)18(2,19)17(22)23/h7-12H,3-6H2,1-2H3,(H,22,23)/t18-/m1/s1. The van der Waals surface area contributed by atoms with Crippen LogP contribution < -0.4 is 0 Å². The summed E-state index contributed by atoms with van der Waals surface area (Å²) in [6, 6.07) is 7.00. The number of unbranched alkanes of at least 4 members (excludes halogenated alkanes) is 2. The number of halogens is 1. The molecule has 23 heavy (non-hydrogen) atoms. The Bertz CT molecular complexity index is 652. The van der Waals surface area contributed by atoms with E-state index in [1.165, 1.54) is 19.8 Å². The summed E-state index contributed by atoms with van der Waals surface area (Å²) in [5.41, 5.74) is 2.51. The first-order valence-electron chi connectivity index (χ1n) is 7.79. The highest BCUT2D eigenvalue weighted by molar-refractivity contribution is 6.33. The molecule has 1 aromatic heterocycles. The van der Waals surface area contributed by atoms with Gasteiger partial charge in [0.1, 0.15) is 0 Å². The van der Waals surface area contributed by atoms with Crippen molar-refractivity contribution in [2.75, 3.05) is 0 Å². The van der Waals surface area contributed by atoms with Crippen LogP contribution in [0.5, 0.6) is 0 Å². The minimum absolute atomic E-state index is 0.534. The van der Waals surface area contributed by atoms with Gasteiger partial charge in [-0.25, -0.2) is 14.8 Å². The predicted octanol–water partition coefficient (Wildman–Crippen LogP) is 4.41. The van der Waals surface area contributed by atoms with Crippen LogP contribution in [-0.2, 0) is 16.1 Å². The van der Waals surface area contributed by atoms with Gasteiger partial charge in [-0.05, 0) is 30.9 Å². The van der Waals surface area contributed by atoms with Crippen LogP contribution in [-0.4, -0.2) is 21.0 Å². The number of aryl methyl sites for hydroxylation is 1. The quantitative estimate of drug-likeness (QED) is 0.602. The van der Waals surface area contributed by atoms with E-state index in [0.717, 1.165) is 24.0 Å². The maximum Gasteiger partial charge on any atom is 0.329 e. The van der Waals surface area contributed by atoms with Gasteiger partial charge in [-0.15, -0.1) is 11.6 Å². The zero-order chi connectivity index (χ0) is 16.9. The number of carboxylic acids is 1. The molecule has 1 heterocycles. The van der Waals surface area contributed by atoms with Crippen LogP contribution in [0.4, 0.5) is 0 Å². The van der Waals surface area contributed by atoms with Crippen molar-refractivity contribution in [1.29, 1.82) is 0 Å². The molecule has 0 bridgehead atoms. The third kappa shape index (κ3) is 4.29. The number of aliphatic carboxylic acids is 1. The van der Waals surface area contributed by atoms with Crippen LogP contribution in [0.3, 0.4) is 0 Å². The summed E-state index contributed by atoms with van der Waals surface area (Å²) in [6.07, 6.45) is 8.27. The molecule has 0 aliphatic heterocycles. The second-order valence-corrected chi connectivity index (χ2v) is 6.51. The van der Waals surface area contributed by atoms with Crippen molar-refractivity contribution in [3.8, 4) is 11.4 Å². The number of hydrogen-bond donors (Lipinski definition) is 1.